The van der Waals surface area contributed by atoms with E-state index in [0.29, 0.717) is 0 Å². The van der Waals surface area contributed by atoms with Gasteiger partial charge in [-0.3, -0.25) is 4.40 Å². The van der Waals surface area contributed by atoms with Gasteiger partial charge < -0.3 is 0 Å². The Morgan fingerprint density at radius 2 is 1.83 bits per heavy atom. The Hall–Kier alpha value is -2.76. The number of nitrogens with zero attached hydrogens (tertiary/aromatic N) is 6. The summed E-state index contributed by atoms with van der Waals surface area (Å²) in [7, 11) is 0. The third kappa shape index (κ3) is 2.03. The molecule has 4 aromatic heterocycles. The monoisotopic (exact) mass is 238 g/mol. The van der Waals surface area contributed by atoms with Crippen LogP contribution in [0, 0.1) is 0 Å². The summed E-state index contributed by atoms with van der Waals surface area (Å²) < 4.78 is 3.44. The van der Waals surface area contributed by atoms with Gasteiger partial charge in [-0.1, -0.05) is 6.07 Å². The molecule has 0 saturated heterocycles. The maximum absolute atomic E-state index is 3.95. The highest BCUT2D eigenvalue weighted by Gasteiger charge is 1.87. The van der Waals surface area contributed by atoms with Crippen LogP contribution in [0.3, 0.4) is 0 Å². The van der Waals surface area contributed by atoms with Gasteiger partial charge in [0.2, 0.25) is 0 Å². The van der Waals surface area contributed by atoms with Crippen molar-refractivity contribution in [3.8, 4) is 0 Å². The van der Waals surface area contributed by atoms with E-state index < -0.39 is 0 Å². The van der Waals surface area contributed by atoms with Gasteiger partial charge in [0.05, 0.1) is 11.7 Å². The first-order valence-electron chi connectivity index (χ1n) is 5.43. The highest BCUT2D eigenvalue weighted by atomic mass is 15.4. The molecule has 0 aromatic carbocycles. The Morgan fingerprint density at radius 3 is 2.72 bits per heavy atom. The maximum atomic E-state index is 3.95. The first-order chi connectivity index (χ1) is 8.93. The Morgan fingerprint density at radius 1 is 0.889 bits per heavy atom. The first-order valence-corrected chi connectivity index (χ1v) is 5.43. The fraction of sp³-hybridized carbons (Fsp3) is 0. The lowest BCUT2D eigenvalue weighted by Crippen LogP contribution is -1.89. The van der Waals surface area contributed by atoms with Crippen LogP contribution in [0.15, 0.2) is 61.3 Å². The van der Waals surface area contributed by atoms with E-state index in [4.69, 9.17) is 0 Å². The molecule has 4 rings (SSSR count). The number of hydrogen-bond acceptors (Lipinski definition) is 4. The van der Waals surface area contributed by atoms with Crippen molar-refractivity contribution in [3.05, 3.63) is 61.3 Å². The molecule has 0 aliphatic carbocycles. The van der Waals surface area contributed by atoms with Gasteiger partial charge in [0.25, 0.3) is 0 Å². The van der Waals surface area contributed by atoms with Crippen LogP contribution in [0.1, 0.15) is 0 Å². The van der Waals surface area contributed by atoms with Crippen molar-refractivity contribution in [3.63, 3.8) is 0 Å². The van der Waals surface area contributed by atoms with Gasteiger partial charge >= 0.3 is 0 Å². The van der Waals surface area contributed by atoms with Gasteiger partial charge in [0.15, 0.2) is 5.65 Å². The zero-order valence-electron chi connectivity index (χ0n) is 9.46. The van der Waals surface area contributed by atoms with Crippen LogP contribution in [0.4, 0.5) is 0 Å². The Bertz CT molecular complexity index is 631. The van der Waals surface area contributed by atoms with Crippen molar-refractivity contribution in [1.82, 2.24) is 29.4 Å². The Kier molecular flexibility index (Phi) is 2.67. The molecule has 0 N–H and O–H groups in total. The second kappa shape index (κ2) is 4.62. The van der Waals surface area contributed by atoms with Crippen molar-refractivity contribution in [2.24, 2.45) is 0 Å². The molecule has 0 aliphatic rings. The van der Waals surface area contributed by atoms with Crippen LogP contribution in [-0.4, -0.2) is 29.4 Å². The number of rotatable bonds is 0. The lowest BCUT2D eigenvalue weighted by molar-refractivity contribution is 0.800. The van der Waals surface area contributed by atoms with Gasteiger partial charge in [0, 0.05) is 12.4 Å². The van der Waals surface area contributed by atoms with E-state index in [1.54, 1.807) is 23.4 Å². The van der Waals surface area contributed by atoms with Crippen LogP contribution in [0.2, 0.25) is 0 Å². The molecule has 0 fully saturated rings. The Labute approximate surface area is 103 Å². The molecular formula is C12H10N6. The van der Waals surface area contributed by atoms with E-state index in [0.717, 1.165) is 11.2 Å². The number of aromatic nitrogens is 6. The standard InChI is InChI=1S/2C6H5N3/c1-2-6-3-5-8-9(6)7-4-1;1-2-4-9-5-7-8-6(9)3-1/h2*1-5H. The average molecular weight is 238 g/mol. The quantitative estimate of drug-likeness (QED) is 0.465. The summed E-state index contributed by atoms with van der Waals surface area (Å²) in [5.74, 6) is 0. The summed E-state index contributed by atoms with van der Waals surface area (Å²) in [6, 6.07) is 11.5. The molecule has 0 saturated carbocycles. The summed E-state index contributed by atoms with van der Waals surface area (Å²) in [5, 5.41) is 15.4. The molecule has 0 bridgehead atoms. The van der Waals surface area contributed by atoms with E-state index >= 15 is 0 Å². The highest BCUT2D eigenvalue weighted by Crippen LogP contribution is 1.95. The molecule has 0 atom stereocenters. The molecule has 0 unspecified atom stereocenters. The molecular weight excluding hydrogens is 228 g/mol. The largest absolute Gasteiger partial charge is 0.289 e. The fourth-order valence-electron chi connectivity index (χ4n) is 1.54. The van der Waals surface area contributed by atoms with Crippen LogP contribution in [0.25, 0.3) is 11.2 Å². The van der Waals surface area contributed by atoms with Crippen molar-refractivity contribution in [1.29, 1.82) is 0 Å². The molecule has 4 aromatic rings. The van der Waals surface area contributed by atoms with Crippen molar-refractivity contribution < 1.29 is 0 Å². The van der Waals surface area contributed by atoms with Gasteiger partial charge in [-0.2, -0.15) is 14.8 Å². The van der Waals surface area contributed by atoms with Crippen molar-refractivity contribution in [2.45, 2.75) is 0 Å². The maximum Gasteiger partial charge on any atom is 0.160 e. The van der Waals surface area contributed by atoms with E-state index in [9.17, 15) is 0 Å². The number of pyridine rings is 1. The van der Waals surface area contributed by atoms with Gasteiger partial charge in [-0.25, -0.2) is 0 Å². The minimum absolute atomic E-state index is 0.887. The number of hydrogen-bond donors (Lipinski definition) is 0. The van der Waals surface area contributed by atoms with Crippen LogP contribution < -0.4 is 0 Å². The molecule has 0 spiro atoms. The lowest BCUT2D eigenvalue weighted by atomic mass is 10.5. The number of fused-ring (bicyclic) bond motifs is 2. The minimum Gasteiger partial charge on any atom is -0.289 e. The predicted octanol–water partition coefficient (Wildman–Crippen LogP) is 1.46. The fourth-order valence-corrected chi connectivity index (χ4v) is 1.54. The van der Waals surface area contributed by atoms with Crippen LogP contribution >= 0.6 is 0 Å². The predicted molar refractivity (Wildman–Crippen MR) is 66.0 cm³/mol. The SMILES string of the molecule is c1ccn2cnnc2c1.c1cnn2nccc2c1. The topological polar surface area (TPSA) is 60.4 Å². The third-order valence-corrected chi connectivity index (χ3v) is 2.39. The summed E-state index contributed by atoms with van der Waals surface area (Å²) in [5.41, 5.74) is 1.91. The third-order valence-electron chi connectivity index (χ3n) is 2.39. The summed E-state index contributed by atoms with van der Waals surface area (Å²) in [6.07, 6.45) is 7.02. The molecule has 18 heavy (non-hydrogen) atoms. The van der Waals surface area contributed by atoms with Gasteiger partial charge in [0.1, 0.15) is 6.33 Å². The first kappa shape index (κ1) is 10.4. The second-order valence-electron chi connectivity index (χ2n) is 3.57. The molecule has 0 radical (unpaired) electrons. The van der Waals surface area contributed by atoms with E-state index in [1.807, 2.05) is 47.0 Å². The van der Waals surface area contributed by atoms with Gasteiger partial charge in [-0.05, 0) is 30.3 Å². The van der Waals surface area contributed by atoms with Crippen molar-refractivity contribution in [2.75, 3.05) is 0 Å². The molecule has 4 heterocycles. The zero-order valence-corrected chi connectivity index (χ0v) is 9.46. The summed E-state index contributed by atoms with van der Waals surface area (Å²) in [6.45, 7) is 0. The van der Waals surface area contributed by atoms with E-state index in [2.05, 4.69) is 20.4 Å². The molecule has 0 aliphatic heterocycles. The highest BCUT2D eigenvalue weighted by molar-refractivity contribution is 5.42. The van der Waals surface area contributed by atoms with E-state index in [-0.39, 0.29) is 0 Å². The second-order valence-corrected chi connectivity index (χ2v) is 3.57. The molecule has 0 amide bonds. The molecule has 88 valence electrons. The molecule has 6 nitrogen and oxygen atoms in total. The normalized spacial score (nSPS) is 10.2. The molecule has 6 heteroatoms. The zero-order chi connectivity index (χ0) is 12.2. The Balaban J connectivity index is 0.000000111. The van der Waals surface area contributed by atoms with Gasteiger partial charge in [-0.15, -0.1) is 10.2 Å². The average Bonchev–Trinajstić information content (AvgIpc) is 3.08. The van der Waals surface area contributed by atoms with E-state index in [1.165, 1.54) is 0 Å². The summed E-state index contributed by atoms with van der Waals surface area (Å²) >= 11 is 0. The van der Waals surface area contributed by atoms with Crippen LogP contribution in [-0.2, 0) is 0 Å². The smallest absolute Gasteiger partial charge is 0.160 e. The summed E-state index contributed by atoms with van der Waals surface area (Å²) in [4.78, 5) is 0. The van der Waals surface area contributed by atoms with Crippen molar-refractivity contribution >= 4 is 11.2 Å². The lowest BCUT2D eigenvalue weighted by Gasteiger charge is -1.85. The minimum atomic E-state index is 0.887. The van der Waals surface area contributed by atoms with Crippen LogP contribution in [0.5, 0.6) is 0 Å².